The van der Waals surface area contributed by atoms with Crippen LogP contribution in [0.1, 0.15) is 12.5 Å². The molecule has 0 amide bonds. The Labute approximate surface area is 95.4 Å². The van der Waals surface area contributed by atoms with Crippen molar-refractivity contribution in [2.24, 2.45) is 5.73 Å². The van der Waals surface area contributed by atoms with Crippen LogP contribution in [-0.2, 0) is 6.42 Å². The van der Waals surface area contributed by atoms with Crippen molar-refractivity contribution in [2.45, 2.75) is 13.3 Å². The first-order valence-electron chi connectivity index (χ1n) is 4.79. The Morgan fingerprint density at radius 2 is 2.27 bits per heavy atom. The van der Waals surface area contributed by atoms with Gasteiger partial charge in [0.1, 0.15) is 12.4 Å². The van der Waals surface area contributed by atoms with E-state index >= 15 is 0 Å². The maximum absolute atomic E-state index is 6.03. The van der Waals surface area contributed by atoms with Crippen molar-refractivity contribution in [3.05, 3.63) is 28.8 Å². The summed E-state index contributed by atoms with van der Waals surface area (Å²) in [4.78, 5) is 0. The molecule has 0 atom stereocenters. The van der Waals surface area contributed by atoms with E-state index in [2.05, 4.69) is 11.8 Å². The molecule has 2 nitrogen and oxygen atoms in total. The Morgan fingerprint density at radius 3 is 2.93 bits per heavy atom. The molecule has 0 aliphatic heterocycles. The van der Waals surface area contributed by atoms with Gasteiger partial charge in [-0.15, -0.1) is 5.92 Å². The Morgan fingerprint density at radius 1 is 1.47 bits per heavy atom. The van der Waals surface area contributed by atoms with Crippen LogP contribution in [0.5, 0.6) is 5.75 Å². The van der Waals surface area contributed by atoms with E-state index in [9.17, 15) is 0 Å². The topological polar surface area (TPSA) is 35.2 Å². The molecule has 2 N–H and O–H groups in total. The second-order valence-electron chi connectivity index (χ2n) is 2.98. The van der Waals surface area contributed by atoms with E-state index in [0.29, 0.717) is 23.9 Å². The van der Waals surface area contributed by atoms with E-state index in [-0.39, 0.29) is 0 Å². The first-order valence-corrected chi connectivity index (χ1v) is 5.17. The average molecular weight is 224 g/mol. The quantitative estimate of drug-likeness (QED) is 0.795. The van der Waals surface area contributed by atoms with E-state index in [1.165, 1.54) is 0 Å². The third-order valence-corrected chi connectivity index (χ3v) is 2.23. The summed E-state index contributed by atoms with van der Waals surface area (Å²) in [5.74, 6) is 6.30. The number of halogens is 1. The summed E-state index contributed by atoms with van der Waals surface area (Å²) in [6.45, 7) is 2.71. The van der Waals surface area contributed by atoms with Gasteiger partial charge in [-0.1, -0.05) is 29.7 Å². The van der Waals surface area contributed by atoms with E-state index in [0.717, 1.165) is 12.0 Å². The van der Waals surface area contributed by atoms with Crippen molar-refractivity contribution in [1.82, 2.24) is 0 Å². The molecule has 1 aromatic rings. The highest BCUT2D eigenvalue weighted by molar-refractivity contribution is 6.32. The van der Waals surface area contributed by atoms with Crippen molar-refractivity contribution in [2.75, 3.05) is 13.2 Å². The lowest BCUT2D eigenvalue weighted by Crippen LogP contribution is -2.05. The first kappa shape index (κ1) is 11.9. The molecule has 0 saturated carbocycles. The third kappa shape index (κ3) is 3.47. The molecule has 1 rings (SSSR count). The fraction of sp³-hybridized carbons (Fsp3) is 0.333. The molecule has 0 unspecified atom stereocenters. The maximum Gasteiger partial charge on any atom is 0.149 e. The van der Waals surface area contributed by atoms with Crippen LogP contribution in [0, 0.1) is 11.8 Å². The largest absolute Gasteiger partial charge is 0.479 e. The lowest BCUT2D eigenvalue weighted by Gasteiger charge is -2.10. The van der Waals surface area contributed by atoms with Gasteiger partial charge in [-0.05, 0) is 31.5 Å². The van der Waals surface area contributed by atoms with Gasteiger partial charge < -0.3 is 10.5 Å². The summed E-state index contributed by atoms with van der Waals surface area (Å²) >= 11 is 6.03. The van der Waals surface area contributed by atoms with Crippen molar-refractivity contribution in [3.63, 3.8) is 0 Å². The lowest BCUT2D eigenvalue weighted by molar-refractivity contribution is 0.366. The normalized spacial score (nSPS) is 9.27. The molecule has 0 aliphatic carbocycles. The molecule has 0 radical (unpaired) electrons. The van der Waals surface area contributed by atoms with Crippen LogP contribution in [0.2, 0.25) is 5.02 Å². The molecule has 0 heterocycles. The molecule has 1 aromatic carbocycles. The predicted octanol–water partition coefficient (Wildman–Crippen LogP) is 2.24. The molecule has 0 spiro atoms. The zero-order valence-corrected chi connectivity index (χ0v) is 9.47. The Kier molecular flexibility index (Phi) is 5.03. The van der Waals surface area contributed by atoms with Gasteiger partial charge in [0, 0.05) is 0 Å². The molecule has 15 heavy (non-hydrogen) atoms. The van der Waals surface area contributed by atoms with Crippen molar-refractivity contribution < 1.29 is 4.74 Å². The molecular formula is C12H14ClNO. The Balaban J connectivity index is 2.84. The fourth-order valence-corrected chi connectivity index (χ4v) is 1.50. The highest BCUT2D eigenvalue weighted by Gasteiger charge is 2.06. The molecule has 3 heteroatoms. The maximum atomic E-state index is 6.03. The van der Waals surface area contributed by atoms with E-state index in [1.807, 2.05) is 12.1 Å². The number of para-hydroxylation sites is 1. The monoisotopic (exact) mass is 223 g/mol. The summed E-state index contributed by atoms with van der Waals surface area (Å²) in [6, 6.07) is 5.66. The summed E-state index contributed by atoms with van der Waals surface area (Å²) in [5, 5.41) is 0.610. The number of hydrogen-bond acceptors (Lipinski definition) is 2. The Hall–Kier alpha value is -1.17. The van der Waals surface area contributed by atoms with E-state index < -0.39 is 0 Å². The van der Waals surface area contributed by atoms with E-state index in [1.54, 1.807) is 13.0 Å². The van der Waals surface area contributed by atoms with Gasteiger partial charge in [0.25, 0.3) is 0 Å². The van der Waals surface area contributed by atoms with Gasteiger partial charge in [-0.25, -0.2) is 0 Å². The summed E-state index contributed by atoms with van der Waals surface area (Å²) in [6.07, 6.45) is 0.759. The van der Waals surface area contributed by atoms with Crippen molar-refractivity contribution in [1.29, 1.82) is 0 Å². The van der Waals surface area contributed by atoms with Crippen LogP contribution >= 0.6 is 11.6 Å². The number of benzene rings is 1. The molecule has 0 fully saturated rings. The van der Waals surface area contributed by atoms with E-state index in [4.69, 9.17) is 22.1 Å². The number of ether oxygens (including phenoxy) is 1. The molecule has 0 bridgehead atoms. The summed E-state index contributed by atoms with van der Waals surface area (Å²) in [5.41, 5.74) is 6.54. The summed E-state index contributed by atoms with van der Waals surface area (Å²) in [7, 11) is 0. The second-order valence-corrected chi connectivity index (χ2v) is 3.39. The van der Waals surface area contributed by atoms with Gasteiger partial charge in [-0.3, -0.25) is 0 Å². The minimum absolute atomic E-state index is 0.359. The van der Waals surface area contributed by atoms with Gasteiger partial charge in [-0.2, -0.15) is 0 Å². The standard InChI is InChI=1S/C12H14ClNO/c1-2-3-9-15-12-10(7-8-14)5-4-6-11(12)13/h4-6H,7-9,14H2,1H3. The van der Waals surface area contributed by atoms with Crippen LogP contribution in [0.15, 0.2) is 18.2 Å². The Bertz CT molecular complexity index is 379. The molecule has 0 aliphatic rings. The van der Waals surface area contributed by atoms with Crippen molar-refractivity contribution in [3.8, 4) is 17.6 Å². The minimum Gasteiger partial charge on any atom is -0.479 e. The van der Waals surface area contributed by atoms with Crippen LogP contribution in [0.3, 0.4) is 0 Å². The number of nitrogens with two attached hydrogens (primary N) is 1. The van der Waals surface area contributed by atoms with Crippen LogP contribution < -0.4 is 10.5 Å². The molecule has 0 saturated heterocycles. The first-order chi connectivity index (χ1) is 7.29. The zero-order valence-electron chi connectivity index (χ0n) is 8.72. The summed E-state index contributed by atoms with van der Waals surface area (Å²) < 4.78 is 5.50. The highest BCUT2D eigenvalue weighted by atomic mass is 35.5. The predicted molar refractivity (Wildman–Crippen MR) is 63.2 cm³/mol. The second kappa shape index (κ2) is 6.34. The number of hydrogen-bond donors (Lipinski definition) is 1. The lowest BCUT2D eigenvalue weighted by atomic mass is 10.1. The van der Waals surface area contributed by atoms with Gasteiger partial charge >= 0.3 is 0 Å². The molecule has 0 aromatic heterocycles. The van der Waals surface area contributed by atoms with Crippen molar-refractivity contribution >= 4 is 11.6 Å². The number of rotatable bonds is 4. The van der Waals surface area contributed by atoms with Gasteiger partial charge in [0.15, 0.2) is 0 Å². The fourth-order valence-electron chi connectivity index (χ4n) is 1.25. The smallest absolute Gasteiger partial charge is 0.149 e. The SMILES string of the molecule is CC#CCOc1c(Cl)cccc1CCN. The van der Waals surface area contributed by atoms with Gasteiger partial charge in [0.2, 0.25) is 0 Å². The zero-order chi connectivity index (χ0) is 11.1. The molecular weight excluding hydrogens is 210 g/mol. The molecule has 80 valence electrons. The van der Waals surface area contributed by atoms with Gasteiger partial charge in [0.05, 0.1) is 5.02 Å². The highest BCUT2D eigenvalue weighted by Crippen LogP contribution is 2.28. The van der Waals surface area contributed by atoms with Crippen LogP contribution in [-0.4, -0.2) is 13.2 Å². The average Bonchev–Trinajstić information content (AvgIpc) is 2.23. The van der Waals surface area contributed by atoms with Crippen LogP contribution in [0.4, 0.5) is 0 Å². The van der Waals surface area contributed by atoms with Crippen LogP contribution in [0.25, 0.3) is 0 Å². The third-order valence-electron chi connectivity index (χ3n) is 1.93. The minimum atomic E-state index is 0.359.